The highest BCUT2D eigenvalue weighted by Crippen LogP contribution is 2.60. The number of hydrogen-bond acceptors (Lipinski definition) is 19. The Morgan fingerprint density at radius 2 is 1.43 bits per heavy atom. The van der Waals surface area contributed by atoms with Crippen LogP contribution < -0.4 is 11.4 Å². The maximum Gasteiger partial charge on any atom is 0.481 e. The number of ether oxygens (including phenoxy) is 3. The Kier molecular flexibility index (Phi) is 31.9. The van der Waals surface area contributed by atoms with Gasteiger partial charge in [-0.1, -0.05) is 114 Å². The van der Waals surface area contributed by atoms with Gasteiger partial charge in [0.25, 0.3) is 0 Å². The minimum absolute atomic E-state index is 0.0992. The number of aliphatic hydroxyl groups excluding tert-OH is 5. The van der Waals surface area contributed by atoms with E-state index < -0.39 is 133 Å². The van der Waals surface area contributed by atoms with Gasteiger partial charge in [-0.3, -0.25) is 28.0 Å². The molecule has 12 atom stereocenters. The second-order valence-electron chi connectivity index (χ2n) is 19.3. The predicted octanol–water partition coefficient (Wildman–Crippen LogP) is 6.89. The summed E-state index contributed by atoms with van der Waals surface area (Å²) in [6, 6.07) is 1.18. The summed E-state index contributed by atoms with van der Waals surface area (Å²) in [4.78, 5) is 78.0. The molecule has 3 heterocycles. The highest BCUT2D eigenvalue weighted by atomic mass is 31.3. The summed E-state index contributed by atoms with van der Waals surface area (Å²) in [6.45, 7) is 1.25. The number of carbonyl (C=O) groups excluding carboxylic acids is 3. The van der Waals surface area contributed by atoms with Crippen LogP contribution in [0.1, 0.15) is 161 Å². The van der Waals surface area contributed by atoms with E-state index in [2.05, 4.69) is 34.4 Å². The number of phosphoric ester groups is 2. The smallest absolute Gasteiger partial charge is 0.462 e. The van der Waals surface area contributed by atoms with Crippen LogP contribution in [0, 0.1) is 11.8 Å². The van der Waals surface area contributed by atoms with E-state index in [1.54, 1.807) is 0 Å². The lowest BCUT2D eigenvalue weighted by Gasteiger charge is -2.40. The number of rotatable bonds is 23. The number of aromatic nitrogens is 2. The number of cyclic esters (lactones) is 1. The zero-order valence-corrected chi connectivity index (χ0v) is 45.9. The van der Waals surface area contributed by atoms with Crippen LogP contribution in [0.3, 0.4) is 0 Å². The molecule has 0 spiro atoms. The highest BCUT2D eigenvalue weighted by Gasteiger charge is 2.45. The van der Waals surface area contributed by atoms with Crippen molar-refractivity contribution in [2.45, 2.75) is 204 Å². The Bertz CT molecular complexity index is 2150. The fraction of sp³-hybridized carbons (Fsp3) is 0.712. The molecular weight excluding hydrogens is 1030 g/mol. The zero-order valence-electron chi connectivity index (χ0n) is 44.1. The first-order valence-corrected chi connectivity index (χ1v) is 29.8. The number of nitrogens with zero attached hydrogens (tertiary/aromatic N) is 2. The molecule has 2 saturated heterocycles. The van der Waals surface area contributed by atoms with Gasteiger partial charge in [0.2, 0.25) is 0 Å². The minimum Gasteiger partial charge on any atom is -0.462 e. The molecule has 0 aromatic carbocycles. The van der Waals surface area contributed by atoms with Gasteiger partial charge in [-0.25, -0.2) is 13.9 Å². The van der Waals surface area contributed by atoms with Crippen molar-refractivity contribution in [2.24, 2.45) is 11.8 Å². The van der Waals surface area contributed by atoms with Gasteiger partial charge >= 0.3 is 33.3 Å². The summed E-state index contributed by atoms with van der Waals surface area (Å²) in [5, 5.41) is 57.5. The molecule has 76 heavy (non-hydrogen) atoms. The van der Waals surface area contributed by atoms with Crippen molar-refractivity contribution in [1.29, 1.82) is 0 Å². The van der Waals surface area contributed by atoms with E-state index in [9.17, 15) is 63.6 Å². The summed E-state index contributed by atoms with van der Waals surface area (Å²) < 4.78 is 58.8. The van der Waals surface area contributed by atoms with Crippen LogP contribution in [0.5, 0.6) is 0 Å². The van der Waals surface area contributed by atoms with E-state index in [0.29, 0.717) is 32.1 Å². The molecule has 0 radical (unpaired) electrons. The number of nitrogen functional groups attached to an aromatic ring is 1. The normalized spacial score (nSPS) is 29.9. The number of aliphatic hydroxyl groups is 5. The number of carbonyl (C=O) groups is 3. The fourth-order valence-electron chi connectivity index (χ4n) is 8.55. The van der Waals surface area contributed by atoms with E-state index in [-0.39, 0.29) is 37.9 Å². The van der Waals surface area contributed by atoms with Crippen molar-refractivity contribution >= 4 is 39.2 Å². The quantitative estimate of drug-likeness (QED) is 0.0239. The van der Waals surface area contributed by atoms with Gasteiger partial charge < -0.3 is 55.3 Å². The molecule has 1 aromatic rings. The molecule has 2 aliphatic heterocycles. The Morgan fingerprint density at radius 3 is 2.12 bits per heavy atom. The first-order valence-electron chi connectivity index (χ1n) is 26.8. The molecule has 22 nitrogen and oxygen atoms in total. The van der Waals surface area contributed by atoms with Crippen molar-refractivity contribution < 1.29 is 86.4 Å². The first kappa shape index (κ1) is 66.5. The van der Waals surface area contributed by atoms with Crippen LogP contribution in [0.15, 0.2) is 65.7 Å². The number of esters is 2. The Labute approximate surface area is 446 Å². The van der Waals surface area contributed by atoms with Crippen LogP contribution in [-0.2, 0) is 51.1 Å². The molecule has 2 unspecified atom stereocenters. The van der Waals surface area contributed by atoms with E-state index in [1.165, 1.54) is 56.7 Å². The van der Waals surface area contributed by atoms with Gasteiger partial charge in [-0.15, -0.1) is 0 Å². The summed E-state index contributed by atoms with van der Waals surface area (Å²) in [5.41, 5.74) is 4.67. The average Bonchev–Trinajstić information content (AvgIpc) is 3.35. The van der Waals surface area contributed by atoms with Crippen LogP contribution in [0.4, 0.5) is 5.82 Å². The maximum absolute atomic E-state index is 13.7. The van der Waals surface area contributed by atoms with Crippen LogP contribution in [-0.4, -0.2) is 125 Å². The standard InChI is InChI=1S/C52H85N3O19P2/c1-3-5-7-8-9-10-11-12-13-14-15-16-17-18-19-20-22-28-48(61)72-40-35-69-47(60)27-24-23-26-39(57)33-42-44(59)34-43(58)41(30-29-38(56)25-21-6-4-2)49(62)50(63)45(37-71-76(67,68)74-75(65,66)70-36-40)73-51(42)55-32-31-46(53)54-52(55)64/h12-13,15-16,18-19,29-32,38,40-45,49-51,56,58-59,62-63H,3-11,14,17,20-28,33-37H2,1-2H3,(H,65,66)(H,67,68)(H2,53,54,64)/b13-12-,16-15-,19-18-,30-29+/t38-,40+,41-,42-,43+,44-,45+,49-,50+,51+/m0/s1. The number of ketones is 1. The molecule has 0 aliphatic carbocycles. The molecule has 24 heteroatoms. The lowest BCUT2D eigenvalue weighted by molar-refractivity contribution is -0.196. The third kappa shape index (κ3) is 26.8. The Morgan fingerprint density at radius 1 is 0.816 bits per heavy atom. The topological polar surface area (TPSA) is 343 Å². The Hall–Kier alpha value is -3.73. The zero-order chi connectivity index (χ0) is 55.9. The minimum atomic E-state index is -5.77. The third-order valence-corrected chi connectivity index (χ3v) is 15.4. The third-order valence-electron chi connectivity index (χ3n) is 12.8. The monoisotopic (exact) mass is 1120 g/mol. The van der Waals surface area contributed by atoms with E-state index in [0.717, 1.165) is 36.4 Å². The number of unbranched alkanes of at least 4 members (excludes halogenated alkanes) is 9. The number of anilines is 1. The highest BCUT2D eigenvalue weighted by molar-refractivity contribution is 7.61. The maximum atomic E-state index is 13.7. The van der Waals surface area contributed by atoms with Gasteiger partial charge in [0.05, 0.1) is 37.6 Å². The van der Waals surface area contributed by atoms with Crippen LogP contribution in [0.25, 0.3) is 0 Å². The van der Waals surface area contributed by atoms with E-state index in [4.69, 9.17) is 29.0 Å². The van der Waals surface area contributed by atoms with Crippen molar-refractivity contribution in [3.63, 3.8) is 0 Å². The van der Waals surface area contributed by atoms with Gasteiger partial charge in [-0.2, -0.15) is 9.29 Å². The number of allylic oxidation sites excluding steroid dienone is 6. The van der Waals surface area contributed by atoms with Crippen molar-refractivity contribution in [3.8, 4) is 0 Å². The largest absolute Gasteiger partial charge is 0.481 e. The summed E-state index contributed by atoms with van der Waals surface area (Å²) in [7, 11) is -11.4. The molecule has 2 fully saturated rings. The summed E-state index contributed by atoms with van der Waals surface area (Å²) >= 11 is 0. The number of fused-ring (bicyclic) bond motifs is 3. The molecule has 3 rings (SSSR count). The van der Waals surface area contributed by atoms with Crippen molar-refractivity contribution in [3.05, 3.63) is 71.4 Å². The average molecular weight is 1120 g/mol. The van der Waals surface area contributed by atoms with Crippen molar-refractivity contribution in [2.75, 3.05) is 25.6 Å². The molecule has 0 saturated carbocycles. The molecule has 9 N–H and O–H groups in total. The molecule has 1 aromatic heterocycles. The number of hydrogen-bond donors (Lipinski definition) is 8. The number of phosphoric acid groups is 2. The molecule has 0 amide bonds. The first-order chi connectivity index (χ1) is 36.3. The van der Waals surface area contributed by atoms with Gasteiger partial charge in [0.15, 0.2) is 6.10 Å². The second-order valence-corrected chi connectivity index (χ2v) is 22.4. The van der Waals surface area contributed by atoms with E-state index in [1.807, 2.05) is 25.2 Å². The van der Waals surface area contributed by atoms with Crippen molar-refractivity contribution in [1.82, 2.24) is 9.55 Å². The predicted molar refractivity (Wildman–Crippen MR) is 282 cm³/mol. The van der Waals surface area contributed by atoms with E-state index >= 15 is 0 Å². The van der Waals surface area contributed by atoms with Crippen LogP contribution >= 0.6 is 15.6 Å². The van der Waals surface area contributed by atoms with Gasteiger partial charge in [-0.05, 0) is 63.9 Å². The van der Waals surface area contributed by atoms with Gasteiger partial charge in [0.1, 0.15) is 36.6 Å². The molecule has 2 bridgehead atoms. The second kappa shape index (κ2) is 36.4. The van der Waals surface area contributed by atoms with Crippen LogP contribution in [0.2, 0.25) is 0 Å². The SMILES string of the molecule is CCCCCCCC/C=C\C/C=C\C/C=C\CCCC(=O)O[C@@H]1COC(=O)CCCCC(=O)C[C@@H]2[C@H](n3ccc(N)nc3=O)O[C@H](COP(=O)(O)OP(=O)(O)OC1)[C@@H](O)[C@@H](O)[C@@H](/C=C/[C@@H](O)CCCCC)[C@H](O)C[C@@H]2O. The molecule has 432 valence electrons. The lowest BCUT2D eigenvalue weighted by Crippen LogP contribution is -2.52. The number of nitrogens with two attached hydrogens (primary N) is 1. The lowest BCUT2D eigenvalue weighted by atomic mass is 9.82. The summed E-state index contributed by atoms with van der Waals surface area (Å²) in [6.07, 6.45) is 14.2. The summed E-state index contributed by atoms with van der Waals surface area (Å²) in [5.74, 6) is -5.27. The molecular formula is C52H85N3O19P2. The Balaban J connectivity index is 1.81. The fourth-order valence-corrected chi connectivity index (χ4v) is 10.7. The number of Topliss-reactive ketones (excluding diaryl/α,β-unsaturated/α-hetero) is 1. The van der Waals surface area contributed by atoms with Gasteiger partial charge in [0, 0.05) is 50.1 Å². The molecule has 2 aliphatic rings.